The van der Waals surface area contributed by atoms with Crippen LogP contribution in [0.15, 0.2) is 36.4 Å². The quantitative estimate of drug-likeness (QED) is 0.461. The Hall–Kier alpha value is -2.62. The second kappa shape index (κ2) is 10.6. The zero-order valence-corrected chi connectivity index (χ0v) is 23.5. The number of halogens is 1. The smallest absolute Gasteiger partial charge is 0.414 e. The molecule has 1 aromatic carbocycles. The van der Waals surface area contributed by atoms with E-state index in [2.05, 4.69) is 20.8 Å². The fourth-order valence-corrected chi connectivity index (χ4v) is 6.19. The lowest BCUT2D eigenvalue weighted by Crippen LogP contribution is -2.52. The number of amides is 3. The van der Waals surface area contributed by atoms with E-state index in [4.69, 9.17) is 21.1 Å². The monoisotopic (exact) mass is 547 g/mol. The van der Waals surface area contributed by atoms with Gasteiger partial charge in [-0.05, 0) is 62.1 Å². The molecule has 3 heterocycles. The molecule has 2 aliphatic rings. The minimum absolute atomic E-state index is 0.0167. The van der Waals surface area contributed by atoms with Crippen molar-refractivity contribution in [1.82, 2.24) is 4.90 Å². The maximum Gasteiger partial charge on any atom is 0.414 e. The predicted molar refractivity (Wildman–Crippen MR) is 146 cm³/mol. The third-order valence-electron chi connectivity index (χ3n) is 6.44. The first-order valence-electron chi connectivity index (χ1n) is 12.4. The molecule has 2 fully saturated rings. The van der Waals surface area contributed by atoms with Gasteiger partial charge >= 0.3 is 6.09 Å². The highest BCUT2D eigenvalue weighted by atomic mass is 35.5. The summed E-state index contributed by atoms with van der Waals surface area (Å²) in [4.78, 5) is 44.2. The average Bonchev–Trinajstić information content (AvgIpc) is 3.41. The Morgan fingerprint density at radius 2 is 1.70 bits per heavy atom. The topological polar surface area (TPSA) is 79.4 Å². The van der Waals surface area contributed by atoms with Crippen LogP contribution in [0.2, 0.25) is 4.34 Å². The Balaban J connectivity index is 1.50. The number of thiophene rings is 1. The summed E-state index contributed by atoms with van der Waals surface area (Å²) in [6.07, 6.45) is -0.191. The Kier molecular flexibility index (Phi) is 7.88. The highest BCUT2D eigenvalue weighted by Gasteiger charge is 2.41. The number of nitrogens with zero attached hydrogens (tertiary/aromatic N) is 3. The molecule has 2 aromatic rings. The van der Waals surface area contributed by atoms with E-state index in [1.165, 1.54) is 11.3 Å². The molecule has 1 unspecified atom stereocenters. The number of cyclic esters (lactones) is 1. The van der Waals surface area contributed by atoms with Crippen LogP contribution in [0, 0.1) is 5.41 Å². The second-order valence-corrected chi connectivity index (χ2v) is 13.0. The molecule has 0 bridgehead atoms. The predicted octanol–water partition coefficient (Wildman–Crippen LogP) is 5.45. The lowest BCUT2D eigenvalue weighted by atomic mass is 9.80. The fraction of sp³-hybridized carbons (Fsp3) is 0.519. The van der Waals surface area contributed by atoms with E-state index in [-0.39, 0.29) is 30.4 Å². The van der Waals surface area contributed by atoms with Crippen molar-refractivity contribution < 1.29 is 23.9 Å². The number of carbonyl (C=O) groups is 3. The van der Waals surface area contributed by atoms with Gasteiger partial charge in [0.1, 0.15) is 12.7 Å². The molecule has 8 nitrogen and oxygen atoms in total. The van der Waals surface area contributed by atoms with Gasteiger partial charge < -0.3 is 19.3 Å². The maximum atomic E-state index is 13.6. The van der Waals surface area contributed by atoms with Crippen molar-refractivity contribution >= 4 is 52.2 Å². The second-order valence-electron chi connectivity index (χ2n) is 11.3. The highest BCUT2D eigenvalue weighted by molar-refractivity contribution is 7.18. The summed E-state index contributed by atoms with van der Waals surface area (Å²) < 4.78 is 11.5. The van der Waals surface area contributed by atoms with Crippen LogP contribution in [0.3, 0.4) is 0 Å². The molecule has 2 aliphatic heterocycles. The van der Waals surface area contributed by atoms with Crippen molar-refractivity contribution in [3.05, 3.63) is 45.6 Å². The van der Waals surface area contributed by atoms with Gasteiger partial charge in [-0.25, -0.2) is 4.79 Å². The van der Waals surface area contributed by atoms with Gasteiger partial charge in [0, 0.05) is 23.5 Å². The zero-order chi connectivity index (χ0) is 27.0. The molecule has 37 heavy (non-hydrogen) atoms. The normalized spacial score (nSPS) is 18.8. The van der Waals surface area contributed by atoms with Crippen molar-refractivity contribution in [2.45, 2.75) is 52.7 Å². The number of hydrogen-bond donors (Lipinski definition) is 0. The molecule has 1 atom stereocenters. The largest absolute Gasteiger partial charge is 0.442 e. The molecule has 200 valence electrons. The summed E-state index contributed by atoms with van der Waals surface area (Å²) in [5, 5.41) is 0. The van der Waals surface area contributed by atoms with Gasteiger partial charge in [-0.3, -0.25) is 14.5 Å². The van der Waals surface area contributed by atoms with Gasteiger partial charge in [0.25, 0.3) is 11.8 Å². The van der Waals surface area contributed by atoms with E-state index < -0.39 is 17.7 Å². The standard InChI is InChI=1S/C27H34ClN3O5S/c1-26(2,3)17-27(4,5)31(24(33)21-10-11-22(28)37-21)15-20-14-30(25(34)36-20)19-8-6-18(7-9-19)29-12-13-35-16-23(29)32/h6-11,20H,12-17H2,1-5H3. The summed E-state index contributed by atoms with van der Waals surface area (Å²) in [6.45, 7) is 12.2. The zero-order valence-electron chi connectivity index (χ0n) is 22.0. The van der Waals surface area contributed by atoms with E-state index in [1.807, 2.05) is 43.0 Å². The minimum atomic E-state index is -0.494. The molecule has 10 heteroatoms. The Labute approximate surface area is 227 Å². The van der Waals surface area contributed by atoms with E-state index in [0.29, 0.717) is 34.6 Å². The van der Waals surface area contributed by atoms with Crippen molar-refractivity contribution in [1.29, 1.82) is 0 Å². The summed E-state index contributed by atoms with van der Waals surface area (Å²) in [6, 6.07) is 10.7. The first kappa shape index (κ1) is 27.4. The van der Waals surface area contributed by atoms with Crippen LogP contribution >= 0.6 is 22.9 Å². The van der Waals surface area contributed by atoms with Crippen LogP contribution in [0.1, 0.15) is 50.7 Å². The van der Waals surface area contributed by atoms with E-state index in [0.717, 1.165) is 12.1 Å². The van der Waals surface area contributed by atoms with E-state index in [9.17, 15) is 14.4 Å². The third-order valence-corrected chi connectivity index (χ3v) is 7.66. The molecule has 0 saturated carbocycles. The lowest BCUT2D eigenvalue weighted by Gasteiger charge is -2.43. The molecule has 0 spiro atoms. The van der Waals surface area contributed by atoms with Gasteiger partial charge in [-0.15, -0.1) is 11.3 Å². The lowest BCUT2D eigenvalue weighted by molar-refractivity contribution is -0.125. The SMILES string of the molecule is CC(C)(C)CC(C)(C)N(CC1CN(c2ccc(N3CCOCC3=O)cc2)C(=O)O1)C(=O)c1ccc(Cl)s1. The van der Waals surface area contributed by atoms with Crippen LogP contribution in [0.5, 0.6) is 0 Å². The van der Waals surface area contributed by atoms with Crippen LogP contribution in [-0.4, -0.2) is 67.3 Å². The number of anilines is 2. The third kappa shape index (κ3) is 6.45. The van der Waals surface area contributed by atoms with Crippen LogP contribution in [0.25, 0.3) is 0 Å². The van der Waals surface area contributed by atoms with Crippen LogP contribution in [0.4, 0.5) is 16.2 Å². The van der Waals surface area contributed by atoms with Crippen molar-refractivity contribution in [3.8, 4) is 0 Å². The van der Waals surface area contributed by atoms with Gasteiger partial charge in [0.15, 0.2) is 0 Å². The summed E-state index contributed by atoms with van der Waals surface area (Å²) in [5.41, 5.74) is 0.931. The van der Waals surface area contributed by atoms with Crippen LogP contribution in [-0.2, 0) is 14.3 Å². The van der Waals surface area contributed by atoms with E-state index >= 15 is 0 Å². The van der Waals surface area contributed by atoms with Gasteiger partial charge in [0.05, 0.1) is 28.9 Å². The van der Waals surface area contributed by atoms with Crippen LogP contribution < -0.4 is 9.80 Å². The van der Waals surface area contributed by atoms with Crippen molar-refractivity contribution in [2.24, 2.45) is 5.41 Å². The molecule has 1 aromatic heterocycles. The Morgan fingerprint density at radius 3 is 2.27 bits per heavy atom. The number of morpholine rings is 1. The molecule has 0 radical (unpaired) electrons. The van der Waals surface area contributed by atoms with Gasteiger partial charge in [0.2, 0.25) is 0 Å². The summed E-state index contributed by atoms with van der Waals surface area (Å²) in [7, 11) is 0. The molecular formula is C27H34ClN3O5S. The molecule has 0 aliphatic carbocycles. The average molecular weight is 548 g/mol. The summed E-state index contributed by atoms with van der Waals surface area (Å²) in [5.74, 6) is -0.213. The number of hydrogen-bond acceptors (Lipinski definition) is 6. The van der Waals surface area contributed by atoms with Gasteiger partial charge in [-0.1, -0.05) is 32.4 Å². The maximum absolute atomic E-state index is 13.6. The molecule has 2 saturated heterocycles. The number of rotatable bonds is 7. The molecule has 0 N–H and O–H groups in total. The summed E-state index contributed by atoms with van der Waals surface area (Å²) >= 11 is 7.37. The first-order chi connectivity index (χ1) is 17.3. The fourth-order valence-electron chi connectivity index (χ4n) is 5.20. The van der Waals surface area contributed by atoms with Crippen molar-refractivity contribution in [2.75, 3.05) is 42.6 Å². The van der Waals surface area contributed by atoms with Crippen molar-refractivity contribution in [3.63, 3.8) is 0 Å². The van der Waals surface area contributed by atoms with E-state index in [1.54, 1.807) is 21.9 Å². The molecule has 3 amide bonds. The highest BCUT2D eigenvalue weighted by Crippen LogP contribution is 2.35. The number of benzene rings is 1. The molecular weight excluding hydrogens is 514 g/mol. The Morgan fingerprint density at radius 1 is 1.05 bits per heavy atom. The Bertz CT molecular complexity index is 1160. The first-order valence-corrected chi connectivity index (χ1v) is 13.6. The minimum Gasteiger partial charge on any atom is -0.442 e. The van der Waals surface area contributed by atoms with Gasteiger partial charge in [-0.2, -0.15) is 0 Å². The number of ether oxygens (including phenoxy) is 2. The molecule has 4 rings (SSSR count). The number of carbonyl (C=O) groups excluding carboxylic acids is 3.